The Labute approximate surface area is 133 Å². The lowest BCUT2D eigenvalue weighted by Gasteiger charge is -2.26. The number of esters is 1. The lowest BCUT2D eigenvalue weighted by atomic mass is 10.2. The molecule has 0 aliphatic carbocycles. The molecule has 0 unspecified atom stereocenters. The first-order valence-electron chi connectivity index (χ1n) is 6.84. The Morgan fingerprint density at radius 2 is 2.09 bits per heavy atom. The highest BCUT2D eigenvalue weighted by molar-refractivity contribution is 7.89. The molecule has 1 atom stereocenters. The van der Waals surface area contributed by atoms with Gasteiger partial charge in [-0.25, -0.2) is 17.6 Å². The van der Waals surface area contributed by atoms with E-state index in [-0.39, 0.29) is 31.9 Å². The minimum absolute atomic E-state index is 0.113. The summed E-state index contributed by atoms with van der Waals surface area (Å²) in [5.41, 5.74) is -0.139. The van der Waals surface area contributed by atoms with Crippen molar-refractivity contribution in [3.8, 4) is 6.07 Å². The van der Waals surface area contributed by atoms with E-state index in [4.69, 9.17) is 14.7 Å². The molecule has 9 heteroatoms. The summed E-state index contributed by atoms with van der Waals surface area (Å²) in [7, 11) is -4.08. The fourth-order valence-electron chi connectivity index (χ4n) is 2.01. The lowest BCUT2D eigenvalue weighted by Crippen LogP contribution is -2.41. The Bertz CT molecular complexity index is 738. The van der Waals surface area contributed by atoms with Gasteiger partial charge in [0.05, 0.1) is 18.8 Å². The molecule has 23 heavy (non-hydrogen) atoms. The molecule has 0 amide bonds. The number of morpholine rings is 1. The fraction of sp³-hybridized carbons (Fsp3) is 0.429. The topological polar surface area (TPSA) is 96.7 Å². The van der Waals surface area contributed by atoms with Crippen LogP contribution in [0.3, 0.4) is 0 Å². The number of nitrogens with zero attached hydrogens (tertiary/aromatic N) is 2. The minimum atomic E-state index is -4.08. The molecule has 0 saturated carbocycles. The Hall–Kier alpha value is -2.02. The predicted molar refractivity (Wildman–Crippen MR) is 76.5 cm³/mol. The van der Waals surface area contributed by atoms with E-state index in [0.29, 0.717) is 0 Å². The third kappa shape index (κ3) is 3.85. The minimum Gasteiger partial charge on any atom is -0.444 e. The van der Waals surface area contributed by atoms with E-state index in [2.05, 4.69) is 0 Å². The monoisotopic (exact) mass is 342 g/mol. The van der Waals surface area contributed by atoms with E-state index < -0.39 is 32.8 Å². The maximum Gasteiger partial charge on any atom is 0.339 e. The second-order valence-corrected chi connectivity index (χ2v) is 6.74. The van der Waals surface area contributed by atoms with E-state index in [0.717, 1.165) is 22.5 Å². The van der Waals surface area contributed by atoms with Crippen LogP contribution in [0.1, 0.15) is 17.3 Å². The molecule has 0 N–H and O–H groups in total. The number of hydrogen-bond acceptors (Lipinski definition) is 6. The summed E-state index contributed by atoms with van der Waals surface area (Å²) in [6.07, 6.45) is -0.994. The molecule has 124 valence electrons. The van der Waals surface area contributed by atoms with E-state index in [1.54, 1.807) is 6.07 Å². The molecule has 0 aromatic heterocycles. The molecule has 1 heterocycles. The number of sulfonamides is 1. The van der Waals surface area contributed by atoms with E-state index in [1.807, 2.05) is 0 Å². The van der Waals surface area contributed by atoms with Crippen molar-refractivity contribution in [1.29, 1.82) is 5.26 Å². The first-order valence-corrected chi connectivity index (χ1v) is 8.28. The molecule has 0 spiro atoms. The van der Waals surface area contributed by atoms with Gasteiger partial charge in [0.15, 0.2) is 6.10 Å². The van der Waals surface area contributed by atoms with Crippen molar-refractivity contribution in [2.75, 3.05) is 26.3 Å². The predicted octanol–water partition coefficient (Wildman–Crippen LogP) is 0.915. The third-order valence-electron chi connectivity index (χ3n) is 3.22. The Kier molecular flexibility index (Phi) is 5.30. The van der Waals surface area contributed by atoms with Gasteiger partial charge in [0.1, 0.15) is 16.8 Å². The van der Waals surface area contributed by atoms with E-state index >= 15 is 0 Å². The average molecular weight is 342 g/mol. The number of hydrogen-bond donors (Lipinski definition) is 0. The van der Waals surface area contributed by atoms with Gasteiger partial charge in [0.2, 0.25) is 10.0 Å². The highest BCUT2D eigenvalue weighted by Crippen LogP contribution is 2.22. The second-order valence-electron chi connectivity index (χ2n) is 4.84. The van der Waals surface area contributed by atoms with Crippen molar-refractivity contribution in [2.24, 2.45) is 0 Å². The van der Waals surface area contributed by atoms with Crippen molar-refractivity contribution in [3.63, 3.8) is 0 Å². The highest BCUT2D eigenvalue weighted by atomic mass is 32.2. The quantitative estimate of drug-likeness (QED) is 0.755. The van der Waals surface area contributed by atoms with Gasteiger partial charge in [-0.05, 0) is 25.1 Å². The summed E-state index contributed by atoms with van der Waals surface area (Å²) < 4.78 is 49.9. The summed E-state index contributed by atoms with van der Waals surface area (Å²) in [6, 6.07) is 4.64. The second kappa shape index (κ2) is 7.04. The van der Waals surface area contributed by atoms with Crippen LogP contribution >= 0.6 is 0 Å². The van der Waals surface area contributed by atoms with Crippen LogP contribution in [0.2, 0.25) is 0 Å². The van der Waals surface area contributed by atoms with Gasteiger partial charge < -0.3 is 9.47 Å². The number of carbonyl (C=O) groups is 1. The number of ether oxygens (including phenoxy) is 2. The van der Waals surface area contributed by atoms with Crippen LogP contribution in [-0.4, -0.2) is 51.1 Å². The summed E-state index contributed by atoms with van der Waals surface area (Å²) in [6.45, 7) is 2.04. The molecule has 0 bridgehead atoms. The molecular formula is C14H15FN2O5S. The van der Waals surface area contributed by atoms with E-state index in [9.17, 15) is 17.6 Å². The maximum atomic E-state index is 14.0. The normalized spacial score (nSPS) is 17.3. The van der Waals surface area contributed by atoms with Gasteiger partial charge in [0.25, 0.3) is 0 Å². The molecule has 1 aliphatic heterocycles. The maximum absolute atomic E-state index is 14.0. The van der Waals surface area contributed by atoms with Crippen LogP contribution in [0.25, 0.3) is 0 Å². The SMILES string of the molecule is C[C@@H](C#N)OC(=O)c1ccc(F)c(S(=O)(=O)N2CCOCC2)c1. The van der Waals surface area contributed by atoms with Crippen molar-refractivity contribution in [3.05, 3.63) is 29.6 Å². The molecule has 7 nitrogen and oxygen atoms in total. The van der Waals surface area contributed by atoms with Gasteiger partial charge in [-0.2, -0.15) is 9.57 Å². The van der Waals surface area contributed by atoms with Crippen LogP contribution in [0.4, 0.5) is 4.39 Å². The molecule has 1 aromatic rings. The van der Waals surface area contributed by atoms with Crippen molar-refractivity contribution < 1.29 is 27.1 Å². The van der Waals surface area contributed by atoms with Crippen LogP contribution in [-0.2, 0) is 19.5 Å². The summed E-state index contributed by atoms with van der Waals surface area (Å²) in [5, 5.41) is 8.63. The number of rotatable bonds is 4. The Morgan fingerprint density at radius 1 is 1.43 bits per heavy atom. The molecular weight excluding hydrogens is 327 g/mol. The van der Waals surface area contributed by atoms with E-state index in [1.165, 1.54) is 6.92 Å². The molecule has 1 saturated heterocycles. The number of carbonyl (C=O) groups excluding carboxylic acids is 1. The highest BCUT2D eigenvalue weighted by Gasteiger charge is 2.30. The van der Waals surface area contributed by atoms with Gasteiger partial charge in [-0.15, -0.1) is 0 Å². The summed E-state index contributed by atoms with van der Waals surface area (Å²) in [4.78, 5) is 11.3. The van der Waals surface area contributed by atoms with Crippen molar-refractivity contribution in [2.45, 2.75) is 17.9 Å². The third-order valence-corrected chi connectivity index (χ3v) is 5.13. The molecule has 1 fully saturated rings. The largest absolute Gasteiger partial charge is 0.444 e. The molecule has 0 radical (unpaired) electrons. The Morgan fingerprint density at radius 3 is 2.70 bits per heavy atom. The van der Waals surface area contributed by atoms with Crippen molar-refractivity contribution in [1.82, 2.24) is 4.31 Å². The van der Waals surface area contributed by atoms with Crippen LogP contribution in [0.5, 0.6) is 0 Å². The zero-order chi connectivity index (χ0) is 17.0. The zero-order valence-corrected chi connectivity index (χ0v) is 13.2. The molecule has 2 rings (SSSR count). The first kappa shape index (κ1) is 17.3. The van der Waals surface area contributed by atoms with Crippen molar-refractivity contribution >= 4 is 16.0 Å². The number of halogens is 1. The van der Waals surface area contributed by atoms with Crippen LogP contribution in [0.15, 0.2) is 23.1 Å². The molecule has 1 aliphatic rings. The average Bonchev–Trinajstić information content (AvgIpc) is 2.55. The first-order chi connectivity index (χ1) is 10.9. The van der Waals surface area contributed by atoms with Gasteiger partial charge >= 0.3 is 5.97 Å². The number of benzene rings is 1. The molecule has 1 aromatic carbocycles. The van der Waals surface area contributed by atoms with Gasteiger partial charge in [-0.1, -0.05) is 0 Å². The van der Waals surface area contributed by atoms with Crippen LogP contribution < -0.4 is 0 Å². The Balaban J connectivity index is 2.33. The summed E-state index contributed by atoms with van der Waals surface area (Å²) >= 11 is 0. The zero-order valence-electron chi connectivity index (χ0n) is 12.4. The van der Waals surface area contributed by atoms with Crippen LogP contribution in [0, 0.1) is 17.1 Å². The summed E-state index contributed by atoms with van der Waals surface area (Å²) in [5.74, 6) is -1.85. The fourth-order valence-corrected chi connectivity index (χ4v) is 3.51. The smallest absolute Gasteiger partial charge is 0.339 e. The standard InChI is InChI=1S/C14H15FN2O5S/c1-10(9-16)22-14(18)11-2-3-12(15)13(8-11)23(19,20)17-4-6-21-7-5-17/h2-3,8,10H,4-7H2,1H3/t10-/m0/s1. The van der Waals surface area contributed by atoms with Gasteiger partial charge in [0, 0.05) is 13.1 Å². The number of nitriles is 1. The van der Waals surface area contributed by atoms with Gasteiger partial charge in [-0.3, -0.25) is 0 Å². The lowest BCUT2D eigenvalue weighted by molar-refractivity contribution is 0.0435.